The summed E-state index contributed by atoms with van der Waals surface area (Å²) in [7, 11) is -3.87. The zero-order chi connectivity index (χ0) is 15.4. The highest BCUT2D eigenvalue weighted by Gasteiger charge is 2.33. The molecule has 0 spiro atoms. The SMILES string of the molecule is CC(C)[C@H](NS(=O)(=O)C(C)C#N)C(=O)OC(C)(C)C. The molecule has 2 atom stereocenters. The van der Waals surface area contributed by atoms with E-state index in [1.807, 2.05) is 0 Å². The molecule has 0 saturated carbocycles. The summed E-state index contributed by atoms with van der Waals surface area (Å²) in [5.41, 5.74) is -0.698. The van der Waals surface area contributed by atoms with Crippen LogP contribution in [-0.2, 0) is 19.6 Å². The van der Waals surface area contributed by atoms with Gasteiger partial charge < -0.3 is 4.74 Å². The van der Waals surface area contributed by atoms with Gasteiger partial charge in [-0.25, -0.2) is 8.42 Å². The molecule has 0 amide bonds. The van der Waals surface area contributed by atoms with Crippen molar-refractivity contribution in [1.82, 2.24) is 4.72 Å². The highest BCUT2D eigenvalue weighted by Crippen LogP contribution is 2.14. The molecule has 0 aromatic heterocycles. The molecule has 110 valence electrons. The van der Waals surface area contributed by atoms with Gasteiger partial charge in [-0.3, -0.25) is 4.79 Å². The summed E-state index contributed by atoms with van der Waals surface area (Å²) < 4.78 is 31.0. The van der Waals surface area contributed by atoms with Gasteiger partial charge in [0.15, 0.2) is 5.25 Å². The maximum atomic E-state index is 12.0. The first-order valence-corrected chi connectivity index (χ1v) is 7.59. The number of nitrogens with zero attached hydrogens (tertiary/aromatic N) is 1. The molecule has 0 aliphatic heterocycles. The number of rotatable bonds is 5. The van der Waals surface area contributed by atoms with Crippen LogP contribution in [0.3, 0.4) is 0 Å². The molecule has 0 radical (unpaired) electrons. The van der Waals surface area contributed by atoms with Gasteiger partial charge >= 0.3 is 5.97 Å². The predicted molar refractivity (Wildman–Crippen MR) is 71.6 cm³/mol. The number of esters is 1. The van der Waals surface area contributed by atoms with Crippen LogP contribution in [0.4, 0.5) is 0 Å². The molecule has 0 heterocycles. The largest absolute Gasteiger partial charge is 0.459 e. The van der Waals surface area contributed by atoms with Gasteiger partial charge in [0.25, 0.3) is 0 Å². The van der Waals surface area contributed by atoms with E-state index in [4.69, 9.17) is 10.00 Å². The standard InChI is InChI=1S/C12H22N2O4S/c1-8(2)10(11(15)18-12(4,5)6)14-19(16,17)9(3)7-13/h8-10,14H,1-6H3/t9?,10-/m0/s1. The minimum Gasteiger partial charge on any atom is -0.459 e. The molecule has 0 fully saturated rings. The Morgan fingerprint density at radius 1 is 1.26 bits per heavy atom. The molecule has 0 aliphatic carbocycles. The van der Waals surface area contributed by atoms with Crippen LogP contribution >= 0.6 is 0 Å². The number of nitrogens with one attached hydrogen (secondary N) is 1. The second-order valence-electron chi connectivity index (χ2n) is 5.69. The van der Waals surface area contributed by atoms with Gasteiger partial charge in [-0.1, -0.05) is 13.8 Å². The monoisotopic (exact) mass is 290 g/mol. The third-order valence-electron chi connectivity index (χ3n) is 2.27. The maximum Gasteiger partial charge on any atom is 0.324 e. The van der Waals surface area contributed by atoms with Crippen LogP contribution in [0.15, 0.2) is 0 Å². The topological polar surface area (TPSA) is 96.3 Å². The van der Waals surface area contributed by atoms with Gasteiger partial charge in [0.05, 0.1) is 6.07 Å². The molecule has 6 nitrogen and oxygen atoms in total. The van der Waals surface area contributed by atoms with Gasteiger partial charge in [-0.15, -0.1) is 0 Å². The van der Waals surface area contributed by atoms with E-state index >= 15 is 0 Å². The predicted octanol–water partition coefficient (Wildman–Crippen LogP) is 1.18. The van der Waals surface area contributed by atoms with Crippen molar-refractivity contribution < 1.29 is 17.9 Å². The van der Waals surface area contributed by atoms with Gasteiger partial charge in [0, 0.05) is 0 Å². The highest BCUT2D eigenvalue weighted by atomic mass is 32.2. The third-order valence-corrected chi connectivity index (χ3v) is 3.88. The smallest absolute Gasteiger partial charge is 0.324 e. The Balaban J connectivity index is 5.08. The van der Waals surface area contributed by atoms with Crippen LogP contribution in [-0.4, -0.2) is 31.3 Å². The van der Waals surface area contributed by atoms with E-state index in [1.54, 1.807) is 40.7 Å². The lowest BCUT2D eigenvalue weighted by Gasteiger charge is -2.26. The van der Waals surface area contributed by atoms with Crippen molar-refractivity contribution in [3.63, 3.8) is 0 Å². The van der Waals surface area contributed by atoms with Crippen molar-refractivity contribution in [2.45, 2.75) is 58.4 Å². The van der Waals surface area contributed by atoms with E-state index in [-0.39, 0.29) is 5.92 Å². The molecule has 0 aromatic rings. The van der Waals surface area contributed by atoms with E-state index in [9.17, 15) is 13.2 Å². The number of hydrogen-bond acceptors (Lipinski definition) is 5. The number of hydrogen-bond donors (Lipinski definition) is 1. The molecule has 0 saturated heterocycles. The van der Waals surface area contributed by atoms with Crippen LogP contribution in [0.2, 0.25) is 0 Å². The van der Waals surface area contributed by atoms with Crippen molar-refractivity contribution in [2.24, 2.45) is 5.92 Å². The minimum absolute atomic E-state index is 0.282. The number of ether oxygens (including phenoxy) is 1. The molecular weight excluding hydrogens is 268 g/mol. The Kier molecular flexibility index (Phi) is 5.97. The zero-order valence-corrected chi connectivity index (χ0v) is 13.0. The number of sulfonamides is 1. The molecule has 0 rings (SSSR count). The quantitative estimate of drug-likeness (QED) is 0.767. The van der Waals surface area contributed by atoms with E-state index in [0.29, 0.717) is 0 Å². The van der Waals surface area contributed by atoms with Gasteiger partial charge in [0.2, 0.25) is 10.0 Å². The van der Waals surface area contributed by atoms with E-state index in [1.165, 1.54) is 6.92 Å². The first kappa shape index (κ1) is 17.9. The Hall–Kier alpha value is -1.13. The third kappa shape index (κ3) is 6.03. The second kappa shape index (κ2) is 6.35. The molecule has 7 heteroatoms. The van der Waals surface area contributed by atoms with Crippen LogP contribution in [0.25, 0.3) is 0 Å². The lowest BCUT2D eigenvalue weighted by Crippen LogP contribution is -2.49. The van der Waals surface area contributed by atoms with Crippen molar-refractivity contribution in [3.8, 4) is 6.07 Å². The zero-order valence-electron chi connectivity index (χ0n) is 12.2. The number of carbonyl (C=O) groups excluding carboxylic acids is 1. The normalized spacial score (nSPS) is 15.7. The fraction of sp³-hybridized carbons (Fsp3) is 0.833. The first-order chi connectivity index (χ1) is 8.40. The van der Waals surface area contributed by atoms with Crippen molar-refractivity contribution in [3.05, 3.63) is 0 Å². The van der Waals surface area contributed by atoms with Gasteiger partial charge in [0.1, 0.15) is 11.6 Å². The fourth-order valence-corrected chi connectivity index (χ4v) is 2.24. The Morgan fingerprint density at radius 2 is 1.74 bits per heavy atom. The molecule has 1 N–H and O–H groups in total. The lowest BCUT2D eigenvalue weighted by atomic mass is 10.1. The van der Waals surface area contributed by atoms with Crippen LogP contribution in [0, 0.1) is 17.2 Å². The summed E-state index contributed by atoms with van der Waals surface area (Å²) >= 11 is 0. The van der Waals surface area contributed by atoms with Crippen LogP contribution in [0.5, 0.6) is 0 Å². The van der Waals surface area contributed by atoms with Crippen molar-refractivity contribution >= 4 is 16.0 Å². The van der Waals surface area contributed by atoms with Crippen LogP contribution in [0.1, 0.15) is 41.5 Å². The maximum absolute atomic E-state index is 12.0. The Morgan fingerprint density at radius 3 is 2.05 bits per heavy atom. The molecule has 0 aromatic carbocycles. The highest BCUT2D eigenvalue weighted by molar-refractivity contribution is 7.90. The fourth-order valence-electron chi connectivity index (χ4n) is 1.17. The summed E-state index contributed by atoms with van der Waals surface area (Å²) in [5.74, 6) is -0.924. The summed E-state index contributed by atoms with van der Waals surface area (Å²) in [6, 6.07) is 0.634. The van der Waals surface area contributed by atoms with Crippen molar-refractivity contribution in [1.29, 1.82) is 5.26 Å². The van der Waals surface area contributed by atoms with E-state index in [0.717, 1.165) is 0 Å². The van der Waals surface area contributed by atoms with Crippen LogP contribution < -0.4 is 4.72 Å². The molecular formula is C12H22N2O4S. The van der Waals surface area contributed by atoms with E-state index < -0.39 is 32.9 Å². The number of nitriles is 1. The molecule has 0 bridgehead atoms. The number of carbonyl (C=O) groups is 1. The average molecular weight is 290 g/mol. The summed E-state index contributed by atoms with van der Waals surface area (Å²) in [6.45, 7) is 9.77. The molecule has 1 unspecified atom stereocenters. The molecule has 19 heavy (non-hydrogen) atoms. The summed E-state index contributed by atoms with van der Waals surface area (Å²) in [4.78, 5) is 12.0. The summed E-state index contributed by atoms with van der Waals surface area (Å²) in [5, 5.41) is 7.44. The Bertz CT molecular complexity index is 457. The van der Waals surface area contributed by atoms with Gasteiger partial charge in [-0.05, 0) is 33.6 Å². The van der Waals surface area contributed by atoms with Crippen molar-refractivity contribution in [2.75, 3.05) is 0 Å². The lowest BCUT2D eigenvalue weighted by molar-refractivity contribution is -0.158. The first-order valence-electron chi connectivity index (χ1n) is 6.04. The average Bonchev–Trinajstić information content (AvgIpc) is 2.21. The van der Waals surface area contributed by atoms with Gasteiger partial charge in [-0.2, -0.15) is 9.98 Å². The van der Waals surface area contributed by atoms with E-state index in [2.05, 4.69) is 4.72 Å². The molecule has 0 aliphatic rings. The summed E-state index contributed by atoms with van der Waals surface area (Å²) in [6.07, 6.45) is 0. The second-order valence-corrected chi connectivity index (χ2v) is 7.72. The Labute approximate surface area is 115 Å². The minimum atomic E-state index is -3.87.